The molecule has 8 heteroatoms. The number of carbonyl (C=O) groups excluding carboxylic acids is 1. The third-order valence-electron chi connectivity index (χ3n) is 5.82. The lowest BCUT2D eigenvalue weighted by Crippen LogP contribution is -2.43. The summed E-state index contributed by atoms with van der Waals surface area (Å²) in [6, 6.07) is 14.8. The van der Waals surface area contributed by atoms with Crippen LogP contribution in [-0.4, -0.2) is 48.4 Å². The van der Waals surface area contributed by atoms with Gasteiger partial charge in [0.05, 0.1) is 43.3 Å². The van der Waals surface area contributed by atoms with Crippen LogP contribution >= 0.6 is 0 Å². The van der Waals surface area contributed by atoms with E-state index in [9.17, 15) is 14.3 Å². The molecule has 2 heterocycles. The van der Waals surface area contributed by atoms with Crippen molar-refractivity contribution in [3.63, 3.8) is 0 Å². The highest BCUT2D eigenvalue weighted by atomic mass is 19.1. The molecule has 2 atom stereocenters. The number of hydrogen-bond donors (Lipinski definition) is 3. The van der Waals surface area contributed by atoms with Gasteiger partial charge in [-0.2, -0.15) is 0 Å². The van der Waals surface area contributed by atoms with Gasteiger partial charge in [0, 0.05) is 18.2 Å². The van der Waals surface area contributed by atoms with Gasteiger partial charge in [-0.05, 0) is 36.2 Å². The van der Waals surface area contributed by atoms with Crippen molar-refractivity contribution in [2.24, 2.45) is 0 Å². The summed E-state index contributed by atoms with van der Waals surface area (Å²) in [6.45, 7) is 3.74. The number of pyridine rings is 1. The number of amides is 1. The number of nitrogen functional groups attached to an aromatic ring is 1. The summed E-state index contributed by atoms with van der Waals surface area (Å²) in [4.78, 5) is 19.2. The maximum atomic E-state index is 15.0. The van der Waals surface area contributed by atoms with Crippen LogP contribution in [0, 0.1) is 5.82 Å². The minimum atomic E-state index is -0.681. The van der Waals surface area contributed by atoms with Gasteiger partial charge >= 0.3 is 0 Å². The van der Waals surface area contributed by atoms with Crippen molar-refractivity contribution >= 4 is 17.4 Å². The fourth-order valence-corrected chi connectivity index (χ4v) is 3.99. The van der Waals surface area contributed by atoms with E-state index < -0.39 is 17.8 Å². The standard InChI is InChI=1S/C25H27FN4O3/c1-16-15-33-10-9-30(16)19-12-21(24(27)28-13-19)18-7-8-20(22(26)11-18)25(32)29-23(14-31)17-5-3-2-4-6-17/h2-8,11-13,16,23,31H,9-10,14-15H2,1H3,(H2,27,28)(H,29,32). The van der Waals surface area contributed by atoms with E-state index in [1.165, 1.54) is 12.1 Å². The number of benzene rings is 2. The largest absolute Gasteiger partial charge is 0.394 e. The van der Waals surface area contributed by atoms with E-state index in [1.54, 1.807) is 24.4 Å². The number of carbonyl (C=O) groups is 1. The third-order valence-corrected chi connectivity index (χ3v) is 5.82. The van der Waals surface area contributed by atoms with E-state index in [1.807, 2.05) is 24.3 Å². The molecule has 1 aromatic heterocycles. The van der Waals surface area contributed by atoms with E-state index in [-0.39, 0.29) is 24.0 Å². The lowest BCUT2D eigenvalue weighted by atomic mass is 10.0. The average Bonchev–Trinajstić information content (AvgIpc) is 2.83. The number of nitrogens with zero attached hydrogens (tertiary/aromatic N) is 2. The normalized spacial score (nSPS) is 16.9. The summed E-state index contributed by atoms with van der Waals surface area (Å²) >= 11 is 0. The third kappa shape index (κ3) is 4.97. The highest BCUT2D eigenvalue weighted by molar-refractivity contribution is 5.95. The zero-order valence-corrected chi connectivity index (χ0v) is 18.4. The maximum absolute atomic E-state index is 15.0. The molecule has 3 aromatic rings. The molecule has 2 aromatic carbocycles. The Labute approximate surface area is 192 Å². The minimum absolute atomic E-state index is 0.113. The van der Waals surface area contributed by atoms with Gasteiger partial charge in [-0.3, -0.25) is 4.79 Å². The minimum Gasteiger partial charge on any atom is -0.394 e. The Morgan fingerprint density at radius 1 is 1.30 bits per heavy atom. The van der Waals surface area contributed by atoms with Crippen LogP contribution in [0.3, 0.4) is 0 Å². The average molecular weight is 451 g/mol. The number of aliphatic hydroxyl groups is 1. The molecule has 0 radical (unpaired) electrons. The maximum Gasteiger partial charge on any atom is 0.254 e. The molecule has 7 nitrogen and oxygen atoms in total. The summed E-state index contributed by atoms with van der Waals surface area (Å²) in [5.41, 5.74) is 8.72. The van der Waals surface area contributed by atoms with Gasteiger partial charge in [-0.25, -0.2) is 9.37 Å². The monoisotopic (exact) mass is 450 g/mol. The van der Waals surface area contributed by atoms with Crippen molar-refractivity contribution in [1.82, 2.24) is 10.3 Å². The summed E-state index contributed by atoms with van der Waals surface area (Å²) < 4.78 is 20.5. The summed E-state index contributed by atoms with van der Waals surface area (Å²) in [5.74, 6) is -1.01. The molecule has 0 aliphatic carbocycles. The molecule has 0 bridgehead atoms. The molecule has 1 saturated heterocycles. The van der Waals surface area contributed by atoms with E-state index in [0.717, 1.165) is 17.8 Å². The van der Waals surface area contributed by atoms with E-state index in [4.69, 9.17) is 10.5 Å². The quantitative estimate of drug-likeness (QED) is 0.533. The van der Waals surface area contributed by atoms with Crippen LogP contribution in [0.15, 0.2) is 60.8 Å². The highest BCUT2D eigenvalue weighted by Gasteiger charge is 2.22. The van der Waals surface area contributed by atoms with Gasteiger partial charge < -0.3 is 25.8 Å². The first-order valence-corrected chi connectivity index (χ1v) is 10.8. The summed E-state index contributed by atoms with van der Waals surface area (Å²) in [7, 11) is 0. The van der Waals surface area contributed by atoms with Crippen molar-refractivity contribution in [2.75, 3.05) is 37.0 Å². The molecule has 4 N–H and O–H groups in total. The molecular formula is C25H27FN4O3. The van der Waals surface area contributed by atoms with E-state index in [2.05, 4.69) is 22.1 Å². The number of anilines is 2. The Bertz CT molecular complexity index is 1130. The van der Waals surface area contributed by atoms with Crippen molar-refractivity contribution < 1.29 is 19.0 Å². The number of nitrogens with two attached hydrogens (primary N) is 1. The molecule has 172 valence electrons. The number of halogens is 1. The second-order valence-electron chi connectivity index (χ2n) is 8.06. The SMILES string of the molecule is CC1COCCN1c1cnc(N)c(-c2ccc(C(=O)NC(CO)c3ccccc3)c(F)c2)c1. The second-order valence-corrected chi connectivity index (χ2v) is 8.06. The van der Waals surface area contributed by atoms with Crippen molar-refractivity contribution in [2.45, 2.75) is 19.0 Å². The van der Waals surface area contributed by atoms with Gasteiger partial charge in [0.15, 0.2) is 0 Å². The Kier molecular flexibility index (Phi) is 6.86. The van der Waals surface area contributed by atoms with Crippen molar-refractivity contribution in [3.8, 4) is 11.1 Å². The lowest BCUT2D eigenvalue weighted by molar-refractivity contribution is 0.0912. The van der Waals surface area contributed by atoms with Crippen molar-refractivity contribution in [3.05, 3.63) is 77.7 Å². The number of ether oxygens (including phenoxy) is 1. The molecule has 1 aliphatic rings. The number of rotatable bonds is 6. The van der Waals surface area contributed by atoms with Crippen LogP contribution in [0.5, 0.6) is 0 Å². The van der Waals surface area contributed by atoms with Gasteiger partial charge in [-0.15, -0.1) is 0 Å². The zero-order chi connectivity index (χ0) is 23.4. The first-order valence-electron chi connectivity index (χ1n) is 10.8. The van der Waals surface area contributed by atoms with Gasteiger partial charge in [-0.1, -0.05) is 36.4 Å². The molecule has 0 spiro atoms. The van der Waals surface area contributed by atoms with Gasteiger partial charge in [0.1, 0.15) is 11.6 Å². The van der Waals surface area contributed by atoms with E-state index >= 15 is 0 Å². The molecular weight excluding hydrogens is 423 g/mol. The molecule has 4 rings (SSSR count). The van der Waals surface area contributed by atoms with Crippen LogP contribution in [0.25, 0.3) is 11.1 Å². The Morgan fingerprint density at radius 2 is 2.09 bits per heavy atom. The molecule has 1 aliphatic heterocycles. The predicted octanol–water partition coefficient (Wildman–Crippen LogP) is 3.16. The Hall–Kier alpha value is -3.49. The topological polar surface area (TPSA) is 101 Å². The smallest absolute Gasteiger partial charge is 0.254 e. The predicted molar refractivity (Wildman–Crippen MR) is 125 cm³/mol. The Balaban J connectivity index is 1.57. The first kappa shape index (κ1) is 22.7. The molecule has 1 amide bonds. The highest BCUT2D eigenvalue weighted by Crippen LogP contribution is 2.31. The number of morpholine rings is 1. The fraction of sp³-hybridized carbons (Fsp3) is 0.280. The van der Waals surface area contributed by atoms with Gasteiger partial charge in [0.2, 0.25) is 0 Å². The second kappa shape index (κ2) is 9.97. The summed E-state index contributed by atoms with van der Waals surface area (Å²) in [5, 5.41) is 12.4. The molecule has 1 fully saturated rings. The number of nitrogens with one attached hydrogen (secondary N) is 1. The van der Waals surface area contributed by atoms with Crippen molar-refractivity contribution in [1.29, 1.82) is 0 Å². The summed E-state index contributed by atoms with van der Waals surface area (Å²) in [6.07, 6.45) is 1.71. The number of aliphatic hydroxyl groups excluding tert-OH is 1. The van der Waals surface area contributed by atoms with Crippen LogP contribution in [0.1, 0.15) is 28.9 Å². The van der Waals surface area contributed by atoms with Crippen LogP contribution in [0.4, 0.5) is 15.9 Å². The molecule has 33 heavy (non-hydrogen) atoms. The van der Waals surface area contributed by atoms with E-state index in [0.29, 0.717) is 24.3 Å². The lowest BCUT2D eigenvalue weighted by Gasteiger charge is -2.35. The molecule has 2 unspecified atom stereocenters. The van der Waals surface area contributed by atoms with Crippen LogP contribution in [0.2, 0.25) is 0 Å². The first-order chi connectivity index (χ1) is 16.0. The number of aromatic nitrogens is 1. The zero-order valence-electron chi connectivity index (χ0n) is 18.4. The molecule has 0 saturated carbocycles. The Morgan fingerprint density at radius 3 is 2.79 bits per heavy atom. The fourth-order valence-electron chi connectivity index (χ4n) is 3.99. The van der Waals surface area contributed by atoms with Gasteiger partial charge in [0.25, 0.3) is 5.91 Å². The number of hydrogen-bond acceptors (Lipinski definition) is 6. The van der Waals surface area contributed by atoms with Crippen LogP contribution in [-0.2, 0) is 4.74 Å². The van der Waals surface area contributed by atoms with Crippen LogP contribution < -0.4 is 16.0 Å².